The van der Waals surface area contributed by atoms with Crippen molar-refractivity contribution in [3.05, 3.63) is 17.3 Å². The monoisotopic (exact) mass is 262 g/mol. The number of rotatable bonds is 3. The Morgan fingerprint density at radius 2 is 2.17 bits per heavy atom. The lowest BCUT2D eigenvalue weighted by Crippen LogP contribution is -2.08. The lowest BCUT2D eigenvalue weighted by atomic mass is 9.99. The van der Waals surface area contributed by atoms with Gasteiger partial charge in [0.05, 0.1) is 5.39 Å². The van der Waals surface area contributed by atoms with Crippen LogP contribution in [0.3, 0.4) is 0 Å². The van der Waals surface area contributed by atoms with Gasteiger partial charge in [-0.05, 0) is 17.9 Å². The number of nitrogens with one attached hydrogen (secondary N) is 1. The van der Waals surface area contributed by atoms with E-state index in [2.05, 4.69) is 54.3 Å². The standard InChI is InChI=1S/C13H18N4S/c1-5-9-6-10-11(14-8-15-12(10)18-9)17-16-7-13(2,3)4/h6-8H,5H2,1-4H3,(H,14,15,17)/b16-7-. The minimum atomic E-state index is 0.0579. The molecule has 18 heavy (non-hydrogen) atoms. The third kappa shape index (κ3) is 3.04. The van der Waals surface area contributed by atoms with Gasteiger partial charge in [0.15, 0.2) is 5.82 Å². The number of nitrogens with zero attached hydrogens (tertiary/aromatic N) is 3. The number of thiophene rings is 1. The van der Waals surface area contributed by atoms with Crippen LogP contribution in [0.4, 0.5) is 5.82 Å². The molecule has 96 valence electrons. The number of aryl methyl sites for hydroxylation is 1. The molecular formula is C13H18N4S. The average Bonchev–Trinajstić information content (AvgIpc) is 2.71. The largest absolute Gasteiger partial charge is 0.261 e. The van der Waals surface area contributed by atoms with Gasteiger partial charge in [0.2, 0.25) is 0 Å². The maximum Gasteiger partial charge on any atom is 0.158 e. The number of hydrazone groups is 1. The highest BCUT2D eigenvalue weighted by Crippen LogP contribution is 2.28. The highest BCUT2D eigenvalue weighted by molar-refractivity contribution is 7.18. The molecule has 0 aliphatic rings. The molecule has 2 heterocycles. The first-order chi connectivity index (χ1) is 8.49. The van der Waals surface area contributed by atoms with Gasteiger partial charge in [0, 0.05) is 11.1 Å². The van der Waals surface area contributed by atoms with Gasteiger partial charge < -0.3 is 0 Å². The number of fused-ring (bicyclic) bond motifs is 1. The molecule has 0 saturated carbocycles. The van der Waals surface area contributed by atoms with E-state index in [-0.39, 0.29) is 5.41 Å². The van der Waals surface area contributed by atoms with Crippen molar-refractivity contribution < 1.29 is 0 Å². The van der Waals surface area contributed by atoms with Crippen molar-refractivity contribution in [1.29, 1.82) is 0 Å². The van der Waals surface area contributed by atoms with E-state index < -0.39 is 0 Å². The molecule has 0 atom stereocenters. The van der Waals surface area contributed by atoms with Gasteiger partial charge in [-0.1, -0.05) is 27.7 Å². The summed E-state index contributed by atoms with van der Waals surface area (Å²) in [5, 5.41) is 5.28. The number of anilines is 1. The summed E-state index contributed by atoms with van der Waals surface area (Å²) in [5.41, 5.74) is 3.06. The number of hydrogen-bond donors (Lipinski definition) is 1. The fraction of sp³-hybridized carbons (Fsp3) is 0.462. The van der Waals surface area contributed by atoms with Crippen molar-refractivity contribution in [3.8, 4) is 0 Å². The van der Waals surface area contributed by atoms with Crippen LogP contribution in [0, 0.1) is 5.41 Å². The minimum Gasteiger partial charge on any atom is -0.261 e. The quantitative estimate of drug-likeness (QED) is 0.678. The van der Waals surface area contributed by atoms with Crippen LogP contribution in [0.1, 0.15) is 32.6 Å². The average molecular weight is 262 g/mol. The molecule has 0 amide bonds. The molecule has 0 unspecified atom stereocenters. The molecule has 0 aromatic carbocycles. The maximum atomic E-state index is 4.28. The Morgan fingerprint density at radius 3 is 2.83 bits per heavy atom. The van der Waals surface area contributed by atoms with Gasteiger partial charge in [-0.25, -0.2) is 9.97 Å². The zero-order valence-electron chi connectivity index (χ0n) is 11.2. The highest BCUT2D eigenvalue weighted by atomic mass is 32.1. The van der Waals surface area contributed by atoms with Crippen molar-refractivity contribution in [3.63, 3.8) is 0 Å². The third-order valence-corrected chi connectivity index (χ3v) is 3.54. The van der Waals surface area contributed by atoms with E-state index in [1.807, 2.05) is 6.21 Å². The van der Waals surface area contributed by atoms with Crippen LogP contribution in [-0.2, 0) is 6.42 Å². The van der Waals surface area contributed by atoms with Crippen molar-refractivity contribution >= 4 is 33.6 Å². The summed E-state index contributed by atoms with van der Waals surface area (Å²) in [7, 11) is 0. The second kappa shape index (κ2) is 5.02. The lowest BCUT2D eigenvalue weighted by Gasteiger charge is -2.09. The SMILES string of the molecule is CCc1cc2c(N/N=C\C(C)(C)C)ncnc2s1. The maximum absolute atomic E-state index is 4.28. The van der Waals surface area contributed by atoms with Crippen LogP contribution >= 0.6 is 11.3 Å². The second-order valence-corrected chi connectivity index (χ2v) is 6.36. The van der Waals surface area contributed by atoms with Crippen LogP contribution in [0.2, 0.25) is 0 Å². The molecule has 0 aliphatic carbocycles. The Balaban J connectivity index is 2.28. The molecule has 2 rings (SSSR count). The van der Waals surface area contributed by atoms with Crippen molar-refractivity contribution in [1.82, 2.24) is 9.97 Å². The predicted molar refractivity (Wildman–Crippen MR) is 78.4 cm³/mol. The van der Waals surface area contributed by atoms with Crippen LogP contribution in [0.5, 0.6) is 0 Å². The number of aromatic nitrogens is 2. The minimum absolute atomic E-state index is 0.0579. The van der Waals surface area contributed by atoms with Gasteiger partial charge in [-0.15, -0.1) is 11.3 Å². The molecular weight excluding hydrogens is 244 g/mol. The molecule has 4 nitrogen and oxygen atoms in total. The van der Waals surface area contributed by atoms with Crippen molar-refractivity contribution in [2.45, 2.75) is 34.1 Å². The third-order valence-electron chi connectivity index (χ3n) is 2.35. The van der Waals surface area contributed by atoms with Gasteiger partial charge in [0.1, 0.15) is 11.2 Å². The highest BCUT2D eigenvalue weighted by Gasteiger charge is 2.08. The topological polar surface area (TPSA) is 50.2 Å². The summed E-state index contributed by atoms with van der Waals surface area (Å²) >= 11 is 1.71. The van der Waals surface area contributed by atoms with E-state index in [9.17, 15) is 0 Å². The Labute approximate surface area is 111 Å². The van der Waals surface area contributed by atoms with Gasteiger partial charge in [-0.3, -0.25) is 5.43 Å². The molecule has 2 aromatic heterocycles. The first-order valence-electron chi connectivity index (χ1n) is 6.03. The Hall–Kier alpha value is -1.49. The molecule has 0 bridgehead atoms. The van der Waals surface area contributed by atoms with E-state index in [4.69, 9.17) is 0 Å². The first-order valence-corrected chi connectivity index (χ1v) is 6.85. The van der Waals surface area contributed by atoms with Crippen LogP contribution in [0.25, 0.3) is 10.2 Å². The molecule has 0 spiro atoms. The molecule has 2 aromatic rings. The van der Waals surface area contributed by atoms with Crippen LogP contribution in [0.15, 0.2) is 17.5 Å². The molecule has 1 N–H and O–H groups in total. The summed E-state index contributed by atoms with van der Waals surface area (Å²) in [6.07, 6.45) is 4.48. The molecule has 5 heteroatoms. The second-order valence-electron chi connectivity index (χ2n) is 5.24. The number of hydrogen-bond acceptors (Lipinski definition) is 5. The van der Waals surface area contributed by atoms with E-state index >= 15 is 0 Å². The van der Waals surface area contributed by atoms with Crippen molar-refractivity contribution in [2.24, 2.45) is 10.5 Å². The fourth-order valence-corrected chi connectivity index (χ4v) is 2.39. The van der Waals surface area contributed by atoms with Gasteiger partial charge >= 0.3 is 0 Å². The summed E-state index contributed by atoms with van der Waals surface area (Å²) < 4.78 is 0. The summed E-state index contributed by atoms with van der Waals surface area (Å²) in [5.74, 6) is 0.774. The summed E-state index contributed by atoms with van der Waals surface area (Å²) in [4.78, 5) is 10.9. The van der Waals surface area contributed by atoms with Gasteiger partial charge in [0.25, 0.3) is 0 Å². The predicted octanol–water partition coefficient (Wildman–Crippen LogP) is 3.70. The molecule has 0 saturated heterocycles. The Morgan fingerprint density at radius 1 is 1.39 bits per heavy atom. The molecule has 0 aliphatic heterocycles. The van der Waals surface area contributed by atoms with Gasteiger partial charge in [-0.2, -0.15) is 5.10 Å². The zero-order chi connectivity index (χ0) is 13.2. The van der Waals surface area contributed by atoms with E-state index in [0.717, 1.165) is 22.5 Å². The van der Waals surface area contributed by atoms with E-state index in [0.29, 0.717) is 0 Å². The smallest absolute Gasteiger partial charge is 0.158 e. The van der Waals surface area contributed by atoms with Crippen LogP contribution in [-0.4, -0.2) is 16.2 Å². The normalized spacial score (nSPS) is 12.4. The van der Waals surface area contributed by atoms with E-state index in [1.54, 1.807) is 17.7 Å². The molecule has 0 radical (unpaired) electrons. The molecule has 0 fully saturated rings. The van der Waals surface area contributed by atoms with E-state index in [1.165, 1.54) is 4.88 Å². The Kier molecular flexibility index (Phi) is 3.61. The zero-order valence-corrected chi connectivity index (χ0v) is 12.0. The van der Waals surface area contributed by atoms with Crippen LogP contribution < -0.4 is 5.43 Å². The summed E-state index contributed by atoms with van der Waals surface area (Å²) in [6, 6.07) is 2.13. The fourth-order valence-electron chi connectivity index (χ4n) is 1.46. The first kappa shape index (κ1) is 13.0. The lowest BCUT2D eigenvalue weighted by molar-refractivity contribution is 0.606. The van der Waals surface area contributed by atoms with Crippen molar-refractivity contribution in [2.75, 3.05) is 5.43 Å². The Bertz CT molecular complexity index is 566. The summed E-state index contributed by atoms with van der Waals surface area (Å²) in [6.45, 7) is 8.46.